The van der Waals surface area contributed by atoms with Crippen LogP contribution in [-0.2, 0) is 0 Å². The molecule has 6 heteroatoms. The average molecular weight is 336 g/mol. The lowest BCUT2D eigenvalue weighted by molar-refractivity contribution is 0.0717. The molecule has 3 heterocycles. The van der Waals surface area contributed by atoms with Crippen LogP contribution in [0.3, 0.4) is 0 Å². The number of rotatable bonds is 2. The van der Waals surface area contributed by atoms with Crippen molar-refractivity contribution in [1.82, 2.24) is 19.8 Å². The molecule has 0 saturated carbocycles. The highest BCUT2D eigenvalue weighted by molar-refractivity contribution is 6.06. The van der Waals surface area contributed by atoms with Crippen LogP contribution in [0.15, 0.2) is 48.8 Å². The van der Waals surface area contributed by atoms with E-state index in [0.29, 0.717) is 37.4 Å². The quantitative estimate of drug-likeness (QED) is 0.755. The second-order valence-corrected chi connectivity index (χ2v) is 6.27. The zero-order valence-corrected chi connectivity index (χ0v) is 13.9. The zero-order chi connectivity index (χ0) is 17.2. The molecule has 0 bridgehead atoms. The Morgan fingerprint density at radius 3 is 2.36 bits per heavy atom. The van der Waals surface area contributed by atoms with Gasteiger partial charge in [0.15, 0.2) is 0 Å². The van der Waals surface area contributed by atoms with Crippen molar-refractivity contribution in [1.29, 1.82) is 0 Å². The summed E-state index contributed by atoms with van der Waals surface area (Å²) in [6.07, 6.45) is 4.30. The fourth-order valence-electron chi connectivity index (χ4n) is 3.38. The molecular formula is C19H20N4O2. The molecule has 1 aliphatic rings. The lowest BCUT2D eigenvalue weighted by Gasteiger charge is -2.21. The second-order valence-electron chi connectivity index (χ2n) is 6.27. The highest BCUT2D eigenvalue weighted by Crippen LogP contribution is 2.20. The van der Waals surface area contributed by atoms with Crippen molar-refractivity contribution in [3.8, 4) is 0 Å². The Morgan fingerprint density at radius 1 is 0.840 bits per heavy atom. The number of nitrogens with one attached hydrogen (secondary N) is 2. The predicted octanol–water partition coefficient (Wildman–Crippen LogP) is 2.48. The number of hydrogen-bond acceptors (Lipinski definition) is 2. The fourth-order valence-corrected chi connectivity index (χ4v) is 3.38. The van der Waals surface area contributed by atoms with Crippen molar-refractivity contribution in [2.24, 2.45) is 0 Å². The number of aromatic amines is 2. The molecule has 1 aliphatic heterocycles. The number of hydrogen-bond donors (Lipinski definition) is 2. The van der Waals surface area contributed by atoms with E-state index in [1.54, 1.807) is 18.5 Å². The number of fused-ring (bicyclic) bond motifs is 1. The van der Waals surface area contributed by atoms with Crippen molar-refractivity contribution >= 4 is 22.7 Å². The maximum absolute atomic E-state index is 12.9. The van der Waals surface area contributed by atoms with Crippen LogP contribution >= 0.6 is 0 Å². The molecule has 0 unspecified atom stereocenters. The summed E-state index contributed by atoms with van der Waals surface area (Å²) in [5.74, 6) is 0.0121. The summed E-state index contributed by atoms with van der Waals surface area (Å²) in [5.41, 5.74) is 2.25. The highest BCUT2D eigenvalue weighted by atomic mass is 16.2. The van der Waals surface area contributed by atoms with Crippen LogP contribution in [0.5, 0.6) is 0 Å². The van der Waals surface area contributed by atoms with Gasteiger partial charge in [-0.1, -0.05) is 18.2 Å². The molecule has 1 aromatic carbocycles. The Bertz CT molecular complexity index is 897. The van der Waals surface area contributed by atoms with Crippen LogP contribution in [-0.4, -0.2) is 57.8 Å². The average Bonchev–Trinajstić information content (AvgIpc) is 3.25. The number of aromatic nitrogens is 2. The molecule has 4 rings (SSSR count). The Hall–Kier alpha value is -3.02. The molecular weight excluding hydrogens is 316 g/mol. The maximum atomic E-state index is 12.9. The molecule has 1 fully saturated rings. The van der Waals surface area contributed by atoms with Gasteiger partial charge >= 0.3 is 0 Å². The molecule has 3 aromatic rings. The molecule has 128 valence electrons. The summed E-state index contributed by atoms with van der Waals surface area (Å²) in [7, 11) is 0. The number of carbonyl (C=O) groups excluding carboxylic acids is 2. The second kappa shape index (κ2) is 6.47. The van der Waals surface area contributed by atoms with Gasteiger partial charge in [-0.15, -0.1) is 0 Å². The van der Waals surface area contributed by atoms with Gasteiger partial charge in [-0.05, 0) is 24.6 Å². The topological polar surface area (TPSA) is 72.2 Å². The van der Waals surface area contributed by atoms with Crippen molar-refractivity contribution in [3.05, 3.63) is 60.0 Å². The Kier molecular flexibility index (Phi) is 4.01. The first-order valence-corrected chi connectivity index (χ1v) is 8.52. The van der Waals surface area contributed by atoms with Crippen LogP contribution < -0.4 is 0 Å². The van der Waals surface area contributed by atoms with Gasteiger partial charge in [0, 0.05) is 49.5 Å². The van der Waals surface area contributed by atoms with E-state index in [0.717, 1.165) is 17.3 Å². The van der Waals surface area contributed by atoms with E-state index in [2.05, 4.69) is 9.97 Å². The standard InChI is InChI=1S/C19H20N4O2/c24-18(15-13-21-16-6-2-1-5-14(15)16)22-9-4-10-23(12-11-22)19(25)17-7-3-8-20-17/h1-3,5-8,13,20-21H,4,9-12H2. The largest absolute Gasteiger partial charge is 0.360 e. The number of para-hydroxylation sites is 1. The predicted molar refractivity (Wildman–Crippen MR) is 95.5 cm³/mol. The molecule has 2 N–H and O–H groups in total. The smallest absolute Gasteiger partial charge is 0.270 e. The summed E-state index contributed by atoms with van der Waals surface area (Å²) < 4.78 is 0. The summed E-state index contributed by atoms with van der Waals surface area (Å²) in [4.78, 5) is 35.2. The van der Waals surface area contributed by atoms with Crippen molar-refractivity contribution in [2.45, 2.75) is 6.42 Å². The number of amides is 2. The Balaban J connectivity index is 1.49. The number of nitrogens with zero attached hydrogens (tertiary/aromatic N) is 2. The molecule has 1 saturated heterocycles. The minimum atomic E-state index is -0.00797. The SMILES string of the molecule is O=C(c1ccc[nH]1)N1CCCN(C(=O)c2c[nH]c3ccccc23)CC1. The first-order valence-electron chi connectivity index (χ1n) is 8.52. The van der Waals surface area contributed by atoms with E-state index in [1.165, 1.54) is 0 Å². The molecule has 0 aliphatic carbocycles. The Labute approximate surface area is 145 Å². The first-order chi connectivity index (χ1) is 12.2. The number of benzene rings is 1. The minimum Gasteiger partial charge on any atom is -0.360 e. The normalized spacial score (nSPS) is 15.4. The first kappa shape index (κ1) is 15.5. The highest BCUT2D eigenvalue weighted by Gasteiger charge is 2.25. The molecule has 2 aromatic heterocycles. The van der Waals surface area contributed by atoms with Gasteiger partial charge < -0.3 is 19.8 Å². The molecule has 0 atom stereocenters. The summed E-state index contributed by atoms with van der Waals surface area (Å²) >= 11 is 0. The number of carbonyl (C=O) groups is 2. The lowest BCUT2D eigenvalue weighted by atomic mass is 10.1. The van der Waals surface area contributed by atoms with Gasteiger partial charge in [0.25, 0.3) is 11.8 Å². The van der Waals surface area contributed by atoms with E-state index in [1.807, 2.05) is 40.1 Å². The van der Waals surface area contributed by atoms with Crippen molar-refractivity contribution < 1.29 is 9.59 Å². The van der Waals surface area contributed by atoms with Crippen LogP contribution in [0.1, 0.15) is 27.3 Å². The van der Waals surface area contributed by atoms with Gasteiger partial charge in [0.1, 0.15) is 5.69 Å². The van der Waals surface area contributed by atoms with E-state index in [4.69, 9.17) is 0 Å². The Morgan fingerprint density at radius 2 is 1.60 bits per heavy atom. The van der Waals surface area contributed by atoms with Gasteiger partial charge in [0.2, 0.25) is 0 Å². The lowest BCUT2D eigenvalue weighted by Crippen LogP contribution is -2.37. The number of H-pyrrole nitrogens is 2. The van der Waals surface area contributed by atoms with Gasteiger partial charge in [-0.2, -0.15) is 0 Å². The van der Waals surface area contributed by atoms with Gasteiger partial charge in [-0.25, -0.2) is 0 Å². The third-order valence-corrected chi connectivity index (χ3v) is 4.72. The monoisotopic (exact) mass is 336 g/mol. The third-order valence-electron chi connectivity index (χ3n) is 4.72. The van der Waals surface area contributed by atoms with E-state index < -0.39 is 0 Å². The molecule has 6 nitrogen and oxygen atoms in total. The van der Waals surface area contributed by atoms with Crippen LogP contribution in [0.2, 0.25) is 0 Å². The summed E-state index contributed by atoms with van der Waals surface area (Å²) in [5, 5.41) is 0.941. The van der Waals surface area contributed by atoms with Crippen molar-refractivity contribution in [2.75, 3.05) is 26.2 Å². The van der Waals surface area contributed by atoms with Crippen LogP contribution in [0, 0.1) is 0 Å². The van der Waals surface area contributed by atoms with Gasteiger partial charge in [-0.3, -0.25) is 9.59 Å². The third kappa shape index (κ3) is 2.91. The van der Waals surface area contributed by atoms with Crippen LogP contribution in [0.4, 0.5) is 0 Å². The molecule has 0 spiro atoms. The molecule has 0 radical (unpaired) electrons. The van der Waals surface area contributed by atoms with E-state index in [-0.39, 0.29) is 11.8 Å². The molecule has 2 amide bonds. The van der Waals surface area contributed by atoms with Crippen LogP contribution in [0.25, 0.3) is 10.9 Å². The summed E-state index contributed by atoms with van der Waals surface area (Å²) in [6, 6.07) is 11.4. The molecule has 25 heavy (non-hydrogen) atoms. The fraction of sp³-hybridized carbons (Fsp3) is 0.263. The zero-order valence-electron chi connectivity index (χ0n) is 13.9. The summed E-state index contributed by atoms with van der Waals surface area (Å²) in [6.45, 7) is 2.42. The van der Waals surface area contributed by atoms with Gasteiger partial charge in [0.05, 0.1) is 5.56 Å². The van der Waals surface area contributed by atoms with E-state index in [9.17, 15) is 9.59 Å². The maximum Gasteiger partial charge on any atom is 0.270 e. The van der Waals surface area contributed by atoms with E-state index >= 15 is 0 Å². The van der Waals surface area contributed by atoms with Crippen molar-refractivity contribution in [3.63, 3.8) is 0 Å². The minimum absolute atomic E-state index is 0.00797.